The number of carbonyl (C=O) groups excluding carboxylic acids is 1. The molecule has 0 spiro atoms. The Labute approximate surface area is 103 Å². The molecular formula is C12H11N3O3. The zero-order valence-electron chi connectivity index (χ0n) is 9.95. The highest BCUT2D eigenvalue weighted by Crippen LogP contribution is 2.21. The van der Waals surface area contributed by atoms with Gasteiger partial charge in [-0.3, -0.25) is 14.9 Å². The summed E-state index contributed by atoms with van der Waals surface area (Å²) >= 11 is 0. The van der Waals surface area contributed by atoms with Crippen LogP contribution in [-0.2, 0) is 0 Å². The van der Waals surface area contributed by atoms with Gasteiger partial charge < -0.3 is 0 Å². The average Bonchev–Trinajstić information content (AvgIpc) is 2.74. The monoisotopic (exact) mass is 245 g/mol. The Hall–Kier alpha value is -2.50. The molecule has 0 aliphatic heterocycles. The summed E-state index contributed by atoms with van der Waals surface area (Å²) in [6, 6.07) is 5.96. The van der Waals surface area contributed by atoms with Gasteiger partial charge in [0.05, 0.1) is 16.3 Å². The number of ketones is 1. The summed E-state index contributed by atoms with van der Waals surface area (Å²) in [5.41, 5.74) is 1.53. The number of aryl methyl sites for hydroxylation is 1. The summed E-state index contributed by atoms with van der Waals surface area (Å²) in [5.74, 6) is -0.234. The van der Waals surface area contributed by atoms with Gasteiger partial charge in [-0.2, -0.15) is 5.10 Å². The largest absolute Gasteiger partial charge is 0.294 e. The second kappa shape index (κ2) is 4.40. The Morgan fingerprint density at radius 1 is 1.39 bits per heavy atom. The van der Waals surface area contributed by atoms with Crippen LogP contribution in [0.5, 0.6) is 0 Å². The number of rotatable bonds is 3. The van der Waals surface area contributed by atoms with E-state index in [-0.39, 0.29) is 17.0 Å². The molecule has 0 bridgehead atoms. The lowest BCUT2D eigenvalue weighted by atomic mass is 10.1. The van der Waals surface area contributed by atoms with Crippen LogP contribution in [0.25, 0.3) is 5.69 Å². The minimum Gasteiger partial charge on any atom is -0.294 e. The van der Waals surface area contributed by atoms with Gasteiger partial charge in [0.2, 0.25) is 0 Å². The molecule has 0 fully saturated rings. The van der Waals surface area contributed by atoms with Gasteiger partial charge in [-0.15, -0.1) is 0 Å². The predicted octanol–water partition coefficient (Wildman–Crippen LogP) is 2.29. The average molecular weight is 245 g/mol. The molecule has 2 rings (SSSR count). The van der Waals surface area contributed by atoms with Crippen molar-refractivity contribution >= 4 is 11.5 Å². The molecule has 1 heterocycles. The summed E-state index contributed by atoms with van der Waals surface area (Å²) in [4.78, 5) is 21.7. The molecule has 0 atom stereocenters. The molecular weight excluding hydrogens is 234 g/mol. The van der Waals surface area contributed by atoms with Crippen molar-refractivity contribution < 1.29 is 9.72 Å². The lowest BCUT2D eigenvalue weighted by Gasteiger charge is -2.06. The van der Waals surface area contributed by atoms with E-state index in [1.54, 1.807) is 12.3 Å². The highest BCUT2D eigenvalue weighted by atomic mass is 16.6. The van der Waals surface area contributed by atoms with E-state index in [9.17, 15) is 14.9 Å². The van der Waals surface area contributed by atoms with Crippen LogP contribution >= 0.6 is 0 Å². The normalized spacial score (nSPS) is 10.3. The van der Waals surface area contributed by atoms with Gasteiger partial charge in [-0.25, -0.2) is 4.68 Å². The number of Topliss-reactive ketones (excluding diaryl/α,β-unsaturated/α-hetero) is 1. The van der Waals surface area contributed by atoms with Crippen molar-refractivity contribution in [1.29, 1.82) is 0 Å². The third kappa shape index (κ3) is 2.13. The SMILES string of the molecule is CC(=O)c1cc([N+](=O)[O-])ccc1-n1ccc(C)n1. The second-order valence-corrected chi connectivity index (χ2v) is 3.92. The number of nitro groups is 1. The van der Waals surface area contributed by atoms with Crippen LogP contribution in [0.3, 0.4) is 0 Å². The maximum atomic E-state index is 11.6. The minimum absolute atomic E-state index is 0.104. The van der Waals surface area contributed by atoms with Gasteiger partial charge in [-0.1, -0.05) is 0 Å². The molecule has 0 amide bonds. The lowest BCUT2D eigenvalue weighted by molar-refractivity contribution is -0.384. The number of carbonyl (C=O) groups is 1. The van der Waals surface area contributed by atoms with Crippen molar-refractivity contribution in [3.05, 3.63) is 51.8 Å². The molecule has 1 aromatic heterocycles. The Bertz CT molecular complexity index is 631. The predicted molar refractivity (Wildman–Crippen MR) is 65.0 cm³/mol. The maximum Gasteiger partial charge on any atom is 0.270 e. The smallest absolute Gasteiger partial charge is 0.270 e. The summed E-state index contributed by atoms with van der Waals surface area (Å²) in [7, 11) is 0. The van der Waals surface area contributed by atoms with Crippen LogP contribution in [-0.4, -0.2) is 20.5 Å². The number of hydrogen-bond acceptors (Lipinski definition) is 4. The van der Waals surface area contributed by atoms with Gasteiger partial charge in [0.25, 0.3) is 5.69 Å². The fourth-order valence-corrected chi connectivity index (χ4v) is 1.67. The van der Waals surface area contributed by atoms with Crippen LogP contribution in [0.4, 0.5) is 5.69 Å². The second-order valence-electron chi connectivity index (χ2n) is 3.92. The molecule has 18 heavy (non-hydrogen) atoms. The molecule has 6 heteroatoms. The van der Waals surface area contributed by atoms with E-state index in [1.807, 2.05) is 6.92 Å². The highest BCUT2D eigenvalue weighted by Gasteiger charge is 2.15. The standard InChI is InChI=1S/C12H11N3O3/c1-8-5-6-14(13-8)12-4-3-10(15(17)18)7-11(12)9(2)16/h3-7H,1-2H3. The first-order valence-corrected chi connectivity index (χ1v) is 5.31. The van der Waals surface area contributed by atoms with Gasteiger partial charge in [0.15, 0.2) is 5.78 Å². The fraction of sp³-hybridized carbons (Fsp3) is 0.167. The van der Waals surface area contributed by atoms with Crippen molar-refractivity contribution in [3.63, 3.8) is 0 Å². The first-order chi connectivity index (χ1) is 8.49. The topological polar surface area (TPSA) is 78.0 Å². The van der Waals surface area contributed by atoms with E-state index >= 15 is 0 Å². The highest BCUT2D eigenvalue weighted by molar-refractivity contribution is 5.98. The van der Waals surface area contributed by atoms with Gasteiger partial charge in [0.1, 0.15) is 0 Å². The number of benzene rings is 1. The van der Waals surface area contributed by atoms with Crippen LogP contribution < -0.4 is 0 Å². The van der Waals surface area contributed by atoms with E-state index < -0.39 is 4.92 Å². The quantitative estimate of drug-likeness (QED) is 0.472. The van der Waals surface area contributed by atoms with Crippen molar-refractivity contribution in [2.24, 2.45) is 0 Å². The molecule has 0 N–H and O–H groups in total. The van der Waals surface area contributed by atoms with Crippen molar-refractivity contribution in [3.8, 4) is 5.69 Å². The summed E-state index contributed by atoms with van der Waals surface area (Å²) < 4.78 is 1.54. The van der Waals surface area contributed by atoms with Crippen LogP contribution in [0.15, 0.2) is 30.5 Å². The van der Waals surface area contributed by atoms with Gasteiger partial charge in [0, 0.05) is 23.9 Å². The first kappa shape index (κ1) is 12.0. The lowest BCUT2D eigenvalue weighted by Crippen LogP contribution is -2.05. The third-order valence-corrected chi connectivity index (χ3v) is 2.54. The Morgan fingerprint density at radius 2 is 2.11 bits per heavy atom. The van der Waals surface area contributed by atoms with E-state index in [2.05, 4.69) is 5.10 Å². The zero-order chi connectivity index (χ0) is 13.3. The van der Waals surface area contributed by atoms with Crippen LogP contribution in [0, 0.1) is 17.0 Å². The van der Waals surface area contributed by atoms with Gasteiger partial charge >= 0.3 is 0 Å². The Kier molecular flexibility index (Phi) is 2.93. The summed E-state index contributed by atoms with van der Waals surface area (Å²) in [6.45, 7) is 3.20. The molecule has 0 saturated heterocycles. The summed E-state index contributed by atoms with van der Waals surface area (Å²) in [5, 5.41) is 14.9. The molecule has 6 nitrogen and oxygen atoms in total. The number of aromatic nitrogens is 2. The number of non-ortho nitro benzene ring substituents is 1. The fourth-order valence-electron chi connectivity index (χ4n) is 1.67. The molecule has 1 aromatic carbocycles. The van der Waals surface area contributed by atoms with E-state index in [0.717, 1.165) is 5.69 Å². The van der Waals surface area contributed by atoms with Crippen molar-refractivity contribution in [2.45, 2.75) is 13.8 Å². The minimum atomic E-state index is -0.523. The van der Waals surface area contributed by atoms with Crippen LogP contribution in [0.2, 0.25) is 0 Å². The third-order valence-electron chi connectivity index (χ3n) is 2.54. The molecule has 0 radical (unpaired) electrons. The number of nitrogens with zero attached hydrogens (tertiary/aromatic N) is 3. The Morgan fingerprint density at radius 3 is 2.61 bits per heavy atom. The first-order valence-electron chi connectivity index (χ1n) is 5.31. The van der Waals surface area contributed by atoms with Gasteiger partial charge in [-0.05, 0) is 26.0 Å². The summed E-state index contributed by atoms with van der Waals surface area (Å²) in [6.07, 6.45) is 1.71. The Balaban J connectivity index is 2.60. The molecule has 92 valence electrons. The number of hydrogen-bond donors (Lipinski definition) is 0. The van der Waals surface area contributed by atoms with E-state index in [0.29, 0.717) is 5.69 Å². The molecule has 0 aliphatic rings. The molecule has 2 aromatic rings. The van der Waals surface area contributed by atoms with Crippen molar-refractivity contribution in [2.75, 3.05) is 0 Å². The van der Waals surface area contributed by atoms with E-state index in [4.69, 9.17) is 0 Å². The number of nitro benzene ring substituents is 1. The van der Waals surface area contributed by atoms with Crippen LogP contribution in [0.1, 0.15) is 23.0 Å². The molecule has 0 aliphatic carbocycles. The molecule has 0 saturated carbocycles. The zero-order valence-corrected chi connectivity index (χ0v) is 9.95. The van der Waals surface area contributed by atoms with Crippen molar-refractivity contribution in [1.82, 2.24) is 9.78 Å². The van der Waals surface area contributed by atoms with E-state index in [1.165, 1.54) is 29.8 Å². The maximum absolute atomic E-state index is 11.6. The molecule has 0 unspecified atom stereocenters.